The van der Waals surface area contributed by atoms with Gasteiger partial charge < -0.3 is 15.2 Å². The van der Waals surface area contributed by atoms with E-state index in [0.29, 0.717) is 6.61 Å². The second-order valence-corrected chi connectivity index (χ2v) is 3.55. The highest BCUT2D eigenvalue weighted by Crippen LogP contribution is 2.15. The van der Waals surface area contributed by atoms with Crippen LogP contribution in [0, 0.1) is 0 Å². The maximum atomic E-state index is 5.75. The molecule has 1 atom stereocenters. The fourth-order valence-corrected chi connectivity index (χ4v) is 1.26. The number of rotatable bonds is 6. The van der Waals surface area contributed by atoms with E-state index < -0.39 is 0 Å². The van der Waals surface area contributed by atoms with Gasteiger partial charge in [-0.2, -0.15) is 0 Å². The second kappa shape index (κ2) is 6.43. The van der Waals surface area contributed by atoms with Gasteiger partial charge in [-0.15, -0.1) is 0 Å². The van der Waals surface area contributed by atoms with E-state index in [9.17, 15) is 0 Å². The Morgan fingerprint density at radius 1 is 1.20 bits per heavy atom. The van der Waals surface area contributed by atoms with Crippen molar-refractivity contribution in [2.24, 2.45) is 5.73 Å². The summed E-state index contributed by atoms with van der Waals surface area (Å²) < 4.78 is 10.5. The molecule has 0 aliphatic heterocycles. The van der Waals surface area contributed by atoms with Crippen molar-refractivity contribution in [1.82, 2.24) is 0 Å². The quantitative estimate of drug-likeness (QED) is 0.730. The molecular weight excluding hydrogens is 190 g/mol. The fraction of sp³-hybridized carbons (Fsp3) is 0.500. The molecule has 0 fully saturated rings. The zero-order valence-corrected chi connectivity index (χ0v) is 9.40. The van der Waals surface area contributed by atoms with Crippen LogP contribution in [0.2, 0.25) is 0 Å². The first-order chi connectivity index (χ1) is 7.24. The predicted molar refractivity (Wildman–Crippen MR) is 61.0 cm³/mol. The molecule has 84 valence electrons. The molecule has 15 heavy (non-hydrogen) atoms. The summed E-state index contributed by atoms with van der Waals surface area (Å²) in [6, 6.07) is 7.97. The molecule has 3 heteroatoms. The van der Waals surface area contributed by atoms with Gasteiger partial charge in [-0.25, -0.2) is 0 Å². The number of benzene rings is 1. The molecule has 3 nitrogen and oxygen atoms in total. The minimum absolute atomic E-state index is 0.0764. The van der Waals surface area contributed by atoms with Gasteiger partial charge in [-0.3, -0.25) is 0 Å². The maximum absolute atomic E-state index is 5.75. The van der Waals surface area contributed by atoms with Gasteiger partial charge in [0.15, 0.2) is 0 Å². The van der Waals surface area contributed by atoms with E-state index >= 15 is 0 Å². The summed E-state index contributed by atoms with van der Waals surface area (Å²) in [7, 11) is 1.69. The van der Waals surface area contributed by atoms with E-state index in [4.69, 9.17) is 15.2 Å². The molecule has 1 aromatic rings. The van der Waals surface area contributed by atoms with Crippen molar-refractivity contribution >= 4 is 0 Å². The lowest BCUT2D eigenvalue weighted by Crippen LogP contribution is -2.05. The van der Waals surface area contributed by atoms with Gasteiger partial charge in [0.1, 0.15) is 5.75 Å². The minimum Gasteiger partial charge on any atom is -0.494 e. The van der Waals surface area contributed by atoms with Gasteiger partial charge in [0.05, 0.1) is 6.61 Å². The van der Waals surface area contributed by atoms with Gasteiger partial charge in [-0.05, 0) is 24.6 Å². The molecular formula is C12H19NO2. The van der Waals surface area contributed by atoms with Crippen LogP contribution >= 0.6 is 0 Å². The summed E-state index contributed by atoms with van der Waals surface area (Å²) in [6.45, 7) is 3.39. The third-order valence-electron chi connectivity index (χ3n) is 2.17. The molecule has 0 aliphatic rings. The van der Waals surface area contributed by atoms with Gasteiger partial charge >= 0.3 is 0 Å². The summed E-state index contributed by atoms with van der Waals surface area (Å²) in [5.41, 5.74) is 6.87. The van der Waals surface area contributed by atoms with Crippen LogP contribution in [0.5, 0.6) is 5.75 Å². The summed E-state index contributed by atoms with van der Waals surface area (Å²) in [5, 5.41) is 0. The SMILES string of the molecule is COCCCOc1ccc([C@H](C)N)cc1. The van der Waals surface area contributed by atoms with E-state index in [2.05, 4.69) is 0 Å². The smallest absolute Gasteiger partial charge is 0.119 e. The van der Waals surface area contributed by atoms with E-state index in [1.807, 2.05) is 31.2 Å². The molecule has 0 aliphatic carbocycles. The lowest BCUT2D eigenvalue weighted by Gasteiger charge is -2.08. The van der Waals surface area contributed by atoms with Crippen LogP contribution in [0.15, 0.2) is 24.3 Å². The molecule has 0 heterocycles. The van der Waals surface area contributed by atoms with Crippen LogP contribution in [0.1, 0.15) is 24.9 Å². The summed E-state index contributed by atoms with van der Waals surface area (Å²) in [5.74, 6) is 0.885. The van der Waals surface area contributed by atoms with Crippen molar-refractivity contribution in [3.63, 3.8) is 0 Å². The van der Waals surface area contributed by atoms with E-state index in [0.717, 1.165) is 24.3 Å². The third kappa shape index (κ3) is 4.32. The van der Waals surface area contributed by atoms with Crippen molar-refractivity contribution < 1.29 is 9.47 Å². The highest BCUT2D eigenvalue weighted by Gasteiger charge is 1.99. The number of ether oxygens (including phenoxy) is 2. The Labute approximate surface area is 91.2 Å². The first kappa shape index (κ1) is 12.0. The summed E-state index contributed by atoms with van der Waals surface area (Å²) >= 11 is 0. The van der Waals surface area contributed by atoms with Gasteiger partial charge in [-0.1, -0.05) is 12.1 Å². The second-order valence-electron chi connectivity index (χ2n) is 3.55. The van der Waals surface area contributed by atoms with Crippen molar-refractivity contribution in [2.75, 3.05) is 20.3 Å². The number of nitrogens with two attached hydrogens (primary N) is 1. The van der Waals surface area contributed by atoms with Crippen LogP contribution in [0.3, 0.4) is 0 Å². The lowest BCUT2D eigenvalue weighted by molar-refractivity contribution is 0.172. The Morgan fingerprint density at radius 2 is 1.87 bits per heavy atom. The lowest BCUT2D eigenvalue weighted by atomic mass is 10.1. The average molecular weight is 209 g/mol. The van der Waals surface area contributed by atoms with Gasteiger partial charge in [0.2, 0.25) is 0 Å². The molecule has 2 N–H and O–H groups in total. The van der Waals surface area contributed by atoms with Crippen molar-refractivity contribution in [1.29, 1.82) is 0 Å². The highest BCUT2D eigenvalue weighted by atomic mass is 16.5. The zero-order valence-electron chi connectivity index (χ0n) is 9.40. The Morgan fingerprint density at radius 3 is 2.40 bits per heavy atom. The number of methoxy groups -OCH3 is 1. The fourth-order valence-electron chi connectivity index (χ4n) is 1.26. The van der Waals surface area contributed by atoms with E-state index in [-0.39, 0.29) is 6.04 Å². The Hall–Kier alpha value is -1.06. The van der Waals surface area contributed by atoms with E-state index in [1.165, 1.54) is 0 Å². The van der Waals surface area contributed by atoms with Crippen LogP contribution < -0.4 is 10.5 Å². The molecule has 0 unspecified atom stereocenters. The predicted octanol–water partition coefficient (Wildman–Crippen LogP) is 2.12. The van der Waals surface area contributed by atoms with Crippen molar-refractivity contribution in [2.45, 2.75) is 19.4 Å². The first-order valence-electron chi connectivity index (χ1n) is 5.21. The summed E-state index contributed by atoms with van der Waals surface area (Å²) in [4.78, 5) is 0. The molecule has 0 amide bonds. The van der Waals surface area contributed by atoms with Gasteiger partial charge in [0, 0.05) is 26.2 Å². The maximum Gasteiger partial charge on any atom is 0.119 e. The highest BCUT2D eigenvalue weighted by molar-refractivity contribution is 5.28. The molecule has 0 spiro atoms. The minimum atomic E-state index is 0.0764. The van der Waals surface area contributed by atoms with Crippen LogP contribution in [0.25, 0.3) is 0 Å². The Kier molecular flexibility index (Phi) is 5.15. The largest absolute Gasteiger partial charge is 0.494 e. The topological polar surface area (TPSA) is 44.5 Å². The Bertz CT molecular complexity index is 269. The molecule has 0 aromatic heterocycles. The van der Waals surface area contributed by atoms with E-state index in [1.54, 1.807) is 7.11 Å². The molecule has 1 aromatic carbocycles. The monoisotopic (exact) mass is 209 g/mol. The average Bonchev–Trinajstić information content (AvgIpc) is 2.25. The molecule has 0 saturated heterocycles. The van der Waals surface area contributed by atoms with Crippen LogP contribution in [-0.4, -0.2) is 20.3 Å². The Balaban J connectivity index is 2.36. The number of hydrogen-bond donors (Lipinski definition) is 1. The van der Waals surface area contributed by atoms with Crippen LogP contribution in [0.4, 0.5) is 0 Å². The van der Waals surface area contributed by atoms with Crippen LogP contribution in [-0.2, 0) is 4.74 Å². The molecule has 0 saturated carbocycles. The first-order valence-corrected chi connectivity index (χ1v) is 5.21. The third-order valence-corrected chi connectivity index (χ3v) is 2.17. The standard InChI is InChI=1S/C12H19NO2/c1-10(13)11-4-6-12(7-5-11)15-9-3-8-14-2/h4-7,10H,3,8-9,13H2,1-2H3/t10-/m0/s1. The normalized spacial score (nSPS) is 12.5. The molecule has 0 radical (unpaired) electrons. The van der Waals surface area contributed by atoms with Gasteiger partial charge in [0.25, 0.3) is 0 Å². The molecule has 0 bridgehead atoms. The van der Waals surface area contributed by atoms with Crippen molar-refractivity contribution in [3.8, 4) is 5.75 Å². The summed E-state index contributed by atoms with van der Waals surface area (Å²) in [6.07, 6.45) is 0.908. The van der Waals surface area contributed by atoms with Crippen molar-refractivity contribution in [3.05, 3.63) is 29.8 Å². The number of hydrogen-bond acceptors (Lipinski definition) is 3. The molecule has 1 rings (SSSR count). The zero-order chi connectivity index (χ0) is 11.1.